The van der Waals surface area contributed by atoms with Crippen molar-refractivity contribution in [2.75, 3.05) is 12.4 Å². The third kappa shape index (κ3) is 4.32. The van der Waals surface area contributed by atoms with Crippen LogP contribution in [0.1, 0.15) is 24.4 Å². The highest BCUT2D eigenvalue weighted by molar-refractivity contribution is 6.00. The van der Waals surface area contributed by atoms with Crippen LogP contribution >= 0.6 is 0 Å². The highest BCUT2D eigenvalue weighted by Crippen LogP contribution is 2.13. The van der Waals surface area contributed by atoms with E-state index in [-0.39, 0.29) is 17.6 Å². The number of pyridine rings is 1. The second-order valence-electron chi connectivity index (χ2n) is 5.25. The van der Waals surface area contributed by atoms with Crippen LogP contribution in [-0.4, -0.2) is 29.9 Å². The van der Waals surface area contributed by atoms with Gasteiger partial charge in [0.05, 0.1) is 25.3 Å². The molecule has 122 valence electrons. The Kier molecular flexibility index (Phi) is 5.35. The van der Waals surface area contributed by atoms with Gasteiger partial charge in [-0.15, -0.1) is 0 Å². The maximum Gasteiger partial charge on any atom is 0.287 e. The summed E-state index contributed by atoms with van der Waals surface area (Å²) in [5, 5.41) is 5.39. The number of hydrogen-bond acceptors (Lipinski definition) is 5. The fraction of sp³-hybridized carbons (Fsp3) is 0.312. The van der Waals surface area contributed by atoms with E-state index in [1.54, 1.807) is 18.2 Å². The number of rotatable bonds is 6. The van der Waals surface area contributed by atoms with Crippen LogP contribution in [0.4, 0.5) is 5.69 Å². The van der Waals surface area contributed by atoms with Gasteiger partial charge < -0.3 is 19.8 Å². The van der Waals surface area contributed by atoms with E-state index in [4.69, 9.17) is 9.15 Å². The Labute approximate surface area is 134 Å². The molecule has 7 nitrogen and oxygen atoms in total. The average molecular weight is 317 g/mol. The van der Waals surface area contributed by atoms with Crippen LogP contribution in [0.2, 0.25) is 0 Å². The highest BCUT2D eigenvalue weighted by Gasteiger charge is 2.25. The summed E-state index contributed by atoms with van der Waals surface area (Å²) < 4.78 is 9.99. The lowest BCUT2D eigenvalue weighted by molar-refractivity contribution is -0.118. The molecule has 2 aromatic rings. The van der Waals surface area contributed by atoms with E-state index in [1.165, 1.54) is 25.6 Å². The summed E-state index contributed by atoms with van der Waals surface area (Å²) >= 11 is 0. The number of nitrogens with zero attached hydrogens (tertiary/aromatic N) is 1. The number of nitrogens with one attached hydrogen (secondary N) is 2. The Hall–Kier alpha value is -2.83. The monoisotopic (exact) mass is 317 g/mol. The zero-order valence-corrected chi connectivity index (χ0v) is 13.2. The maximum atomic E-state index is 12.4. The first-order valence-electron chi connectivity index (χ1n) is 7.16. The van der Waals surface area contributed by atoms with Crippen molar-refractivity contribution in [3.8, 4) is 5.88 Å². The zero-order chi connectivity index (χ0) is 16.8. The van der Waals surface area contributed by atoms with Crippen LogP contribution in [0, 0.1) is 5.92 Å². The third-order valence-electron chi connectivity index (χ3n) is 3.19. The van der Waals surface area contributed by atoms with Crippen LogP contribution in [0.3, 0.4) is 0 Å². The molecule has 2 aromatic heterocycles. The molecular formula is C16H19N3O4. The summed E-state index contributed by atoms with van der Waals surface area (Å²) in [4.78, 5) is 28.5. The molecule has 0 aliphatic heterocycles. The lowest BCUT2D eigenvalue weighted by Gasteiger charge is -2.21. The molecule has 0 saturated carbocycles. The van der Waals surface area contributed by atoms with Crippen LogP contribution in [-0.2, 0) is 4.79 Å². The smallest absolute Gasteiger partial charge is 0.287 e. The van der Waals surface area contributed by atoms with Gasteiger partial charge in [0.1, 0.15) is 6.04 Å². The fourth-order valence-electron chi connectivity index (χ4n) is 1.95. The van der Waals surface area contributed by atoms with E-state index in [1.807, 2.05) is 13.8 Å². The minimum absolute atomic E-state index is 0.0971. The van der Waals surface area contributed by atoms with Crippen LogP contribution < -0.4 is 15.4 Å². The molecule has 0 saturated heterocycles. The van der Waals surface area contributed by atoms with E-state index in [2.05, 4.69) is 15.6 Å². The minimum atomic E-state index is -0.699. The molecule has 0 spiro atoms. The van der Waals surface area contributed by atoms with Gasteiger partial charge in [-0.3, -0.25) is 9.59 Å². The zero-order valence-electron chi connectivity index (χ0n) is 13.2. The molecule has 0 aliphatic carbocycles. The number of aromatic nitrogens is 1. The Balaban J connectivity index is 2.04. The maximum absolute atomic E-state index is 12.4. The van der Waals surface area contributed by atoms with Gasteiger partial charge in [0.25, 0.3) is 5.91 Å². The Morgan fingerprint density at radius 3 is 2.57 bits per heavy atom. The SMILES string of the molecule is COc1ccc(NC(=O)C(NC(=O)c2ccco2)C(C)C)cn1. The largest absolute Gasteiger partial charge is 0.481 e. The van der Waals surface area contributed by atoms with Crippen LogP contribution in [0.5, 0.6) is 5.88 Å². The summed E-state index contributed by atoms with van der Waals surface area (Å²) in [5.74, 6) is -0.243. The number of amides is 2. The first-order chi connectivity index (χ1) is 11.0. The van der Waals surface area contributed by atoms with Crippen molar-refractivity contribution in [2.24, 2.45) is 5.92 Å². The van der Waals surface area contributed by atoms with E-state index in [0.717, 1.165) is 0 Å². The summed E-state index contributed by atoms with van der Waals surface area (Å²) in [7, 11) is 1.51. The highest BCUT2D eigenvalue weighted by atomic mass is 16.5. The van der Waals surface area contributed by atoms with Gasteiger partial charge in [0.15, 0.2) is 5.76 Å². The molecule has 0 aromatic carbocycles. The van der Waals surface area contributed by atoms with Gasteiger partial charge in [-0.05, 0) is 24.1 Å². The number of carbonyl (C=O) groups excluding carboxylic acids is 2. The van der Waals surface area contributed by atoms with E-state index < -0.39 is 11.9 Å². The molecule has 23 heavy (non-hydrogen) atoms. The molecule has 0 radical (unpaired) electrons. The second-order valence-corrected chi connectivity index (χ2v) is 5.25. The van der Waals surface area contributed by atoms with Gasteiger partial charge in [0, 0.05) is 6.07 Å². The summed E-state index contributed by atoms with van der Waals surface area (Å²) in [6.07, 6.45) is 2.89. The average Bonchev–Trinajstić information content (AvgIpc) is 3.07. The van der Waals surface area contributed by atoms with Gasteiger partial charge >= 0.3 is 0 Å². The minimum Gasteiger partial charge on any atom is -0.481 e. The van der Waals surface area contributed by atoms with Crippen molar-refractivity contribution in [3.63, 3.8) is 0 Å². The molecule has 2 amide bonds. The van der Waals surface area contributed by atoms with Gasteiger partial charge in [0.2, 0.25) is 11.8 Å². The number of hydrogen-bond donors (Lipinski definition) is 2. The predicted molar refractivity (Wildman–Crippen MR) is 84.2 cm³/mol. The molecule has 7 heteroatoms. The Morgan fingerprint density at radius 2 is 2.04 bits per heavy atom. The molecule has 2 rings (SSSR count). The quantitative estimate of drug-likeness (QED) is 0.851. The molecule has 2 heterocycles. The van der Waals surface area contributed by atoms with Crippen molar-refractivity contribution in [2.45, 2.75) is 19.9 Å². The molecule has 1 atom stereocenters. The number of carbonyl (C=O) groups is 2. The Morgan fingerprint density at radius 1 is 1.26 bits per heavy atom. The number of anilines is 1. The standard InChI is InChI=1S/C16H19N3O4/c1-10(2)14(19-15(20)12-5-4-8-23-12)16(21)18-11-6-7-13(22-3)17-9-11/h4-10,14H,1-3H3,(H,18,21)(H,19,20). The van der Waals surface area contributed by atoms with Crippen LogP contribution in [0.25, 0.3) is 0 Å². The van der Waals surface area contributed by atoms with E-state index >= 15 is 0 Å². The summed E-state index contributed by atoms with van der Waals surface area (Å²) in [6, 6.07) is 5.77. The first-order valence-corrected chi connectivity index (χ1v) is 7.16. The Bertz CT molecular complexity index is 650. The molecule has 0 fully saturated rings. The molecule has 0 bridgehead atoms. The fourth-order valence-corrected chi connectivity index (χ4v) is 1.95. The second kappa shape index (κ2) is 7.44. The van der Waals surface area contributed by atoms with Crippen molar-refractivity contribution < 1.29 is 18.7 Å². The van der Waals surface area contributed by atoms with E-state index in [9.17, 15) is 9.59 Å². The van der Waals surface area contributed by atoms with Crippen molar-refractivity contribution in [1.82, 2.24) is 10.3 Å². The lowest BCUT2D eigenvalue weighted by Crippen LogP contribution is -2.47. The summed E-state index contributed by atoms with van der Waals surface area (Å²) in [5.41, 5.74) is 0.522. The molecule has 2 N–H and O–H groups in total. The van der Waals surface area contributed by atoms with Gasteiger partial charge in [-0.2, -0.15) is 0 Å². The molecule has 0 aliphatic rings. The van der Waals surface area contributed by atoms with Crippen molar-refractivity contribution >= 4 is 17.5 Å². The first kappa shape index (κ1) is 16.5. The predicted octanol–water partition coefficient (Wildman–Crippen LogP) is 2.08. The third-order valence-corrected chi connectivity index (χ3v) is 3.19. The van der Waals surface area contributed by atoms with Crippen LogP contribution in [0.15, 0.2) is 41.1 Å². The van der Waals surface area contributed by atoms with Gasteiger partial charge in [-0.1, -0.05) is 13.8 Å². The number of methoxy groups -OCH3 is 1. The molecular weight excluding hydrogens is 298 g/mol. The van der Waals surface area contributed by atoms with Gasteiger partial charge in [-0.25, -0.2) is 4.98 Å². The molecule has 1 unspecified atom stereocenters. The van der Waals surface area contributed by atoms with Crippen molar-refractivity contribution in [3.05, 3.63) is 42.5 Å². The topological polar surface area (TPSA) is 93.5 Å². The summed E-state index contributed by atoms with van der Waals surface area (Å²) in [6.45, 7) is 3.69. The number of furan rings is 1. The lowest BCUT2D eigenvalue weighted by atomic mass is 10.0. The van der Waals surface area contributed by atoms with E-state index in [0.29, 0.717) is 11.6 Å². The number of ether oxygens (including phenoxy) is 1. The normalized spacial score (nSPS) is 11.8. The van der Waals surface area contributed by atoms with Crippen molar-refractivity contribution in [1.29, 1.82) is 0 Å².